The van der Waals surface area contributed by atoms with E-state index in [4.69, 9.17) is 10.5 Å². The van der Waals surface area contributed by atoms with Crippen LogP contribution in [-0.4, -0.2) is 31.5 Å². The van der Waals surface area contributed by atoms with Gasteiger partial charge in [-0.1, -0.05) is 19.1 Å². The highest BCUT2D eigenvalue weighted by Gasteiger charge is 2.29. The van der Waals surface area contributed by atoms with Gasteiger partial charge in [0.25, 0.3) is 0 Å². The first-order valence-electron chi connectivity index (χ1n) is 7.09. The first-order valence-corrected chi connectivity index (χ1v) is 7.09. The minimum atomic E-state index is -0.414. The second-order valence-electron chi connectivity index (χ2n) is 5.26. The number of hydrogen-bond donors (Lipinski definition) is 3. The number of ether oxygens (including phenoxy) is 1. The van der Waals surface area contributed by atoms with Crippen LogP contribution < -0.4 is 21.1 Å². The van der Waals surface area contributed by atoms with E-state index >= 15 is 0 Å². The molecule has 0 aliphatic carbocycles. The van der Waals surface area contributed by atoms with E-state index in [-0.39, 0.29) is 24.9 Å². The van der Waals surface area contributed by atoms with E-state index in [0.717, 1.165) is 13.1 Å². The Morgan fingerprint density at radius 1 is 1.43 bits per heavy atom. The predicted octanol–water partition coefficient (Wildman–Crippen LogP) is 0.735. The SMILES string of the molecule is CC(C(=O)Nc1ccccc1OCCC(N)=O)C1CNC1. The van der Waals surface area contributed by atoms with Crippen LogP contribution in [0.3, 0.4) is 0 Å². The molecule has 1 aliphatic rings. The van der Waals surface area contributed by atoms with Crippen molar-refractivity contribution in [1.82, 2.24) is 5.32 Å². The lowest BCUT2D eigenvalue weighted by atomic mass is 9.88. The monoisotopic (exact) mass is 291 g/mol. The lowest BCUT2D eigenvalue weighted by Crippen LogP contribution is -2.48. The summed E-state index contributed by atoms with van der Waals surface area (Å²) in [5, 5.41) is 6.05. The molecule has 6 heteroatoms. The Hall–Kier alpha value is -2.08. The lowest BCUT2D eigenvalue weighted by Gasteiger charge is -2.31. The minimum absolute atomic E-state index is 0.0209. The maximum Gasteiger partial charge on any atom is 0.227 e. The van der Waals surface area contributed by atoms with Crippen LogP contribution >= 0.6 is 0 Å². The van der Waals surface area contributed by atoms with Gasteiger partial charge < -0.3 is 21.1 Å². The lowest BCUT2D eigenvalue weighted by molar-refractivity contribution is -0.121. The van der Waals surface area contributed by atoms with Gasteiger partial charge in [-0.05, 0) is 31.1 Å². The van der Waals surface area contributed by atoms with Crippen LogP contribution in [0.1, 0.15) is 13.3 Å². The molecule has 1 fully saturated rings. The van der Waals surface area contributed by atoms with E-state index in [9.17, 15) is 9.59 Å². The van der Waals surface area contributed by atoms with Crippen LogP contribution in [0, 0.1) is 11.8 Å². The number of carbonyl (C=O) groups excluding carboxylic acids is 2. The largest absolute Gasteiger partial charge is 0.491 e. The van der Waals surface area contributed by atoms with Gasteiger partial charge in [0.2, 0.25) is 11.8 Å². The average molecular weight is 291 g/mol. The molecule has 0 saturated carbocycles. The van der Waals surface area contributed by atoms with Crippen LogP contribution in [0.5, 0.6) is 5.75 Å². The number of para-hydroxylation sites is 2. The first kappa shape index (κ1) is 15.3. The standard InChI is InChI=1S/C15H21N3O3/c1-10(11-8-17-9-11)15(20)18-12-4-2-3-5-13(12)21-7-6-14(16)19/h2-5,10-11,17H,6-9H2,1H3,(H2,16,19)(H,18,20). The number of carbonyl (C=O) groups is 2. The second kappa shape index (κ2) is 7.08. The zero-order valence-electron chi connectivity index (χ0n) is 12.1. The molecule has 21 heavy (non-hydrogen) atoms. The van der Waals surface area contributed by atoms with Crippen molar-refractivity contribution in [2.45, 2.75) is 13.3 Å². The van der Waals surface area contributed by atoms with E-state index in [1.165, 1.54) is 0 Å². The van der Waals surface area contributed by atoms with Crippen LogP contribution in [0.25, 0.3) is 0 Å². The Labute approximate surface area is 124 Å². The smallest absolute Gasteiger partial charge is 0.227 e. The summed E-state index contributed by atoms with van der Waals surface area (Å²) in [4.78, 5) is 22.9. The quantitative estimate of drug-likeness (QED) is 0.690. The topological polar surface area (TPSA) is 93.4 Å². The van der Waals surface area contributed by atoms with E-state index in [0.29, 0.717) is 17.4 Å². The van der Waals surface area contributed by atoms with Gasteiger partial charge in [-0.15, -0.1) is 0 Å². The molecular weight excluding hydrogens is 270 g/mol. The van der Waals surface area contributed by atoms with Crippen LogP contribution in [0.15, 0.2) is 24.3 Å². The van der Waals surface area contributed by atoms with Crippen LogP contribution in [0.2, 0.25) is 0 Å². The Kier molecular flexibility index (Phi) is 5.16. The fraction of sp³-hybridized carbons (Fsp3) is 0.467. The molecule has 4 N–H and O–H groups in total. The molecule has 114 valence electrons. The van der Waals surface area contributed by atoms with Gasteiger partial charge in [0.15, 0.2) is 0 Å². The number of nitrogens with one attached hydrogen (secondary N) is 2. The number of anilines is 1. The van der Waals surface area contributed by atoms with Crippen LogP contribution in [0.4, 0.5) is 5.69 Å². The van der Waals surface area contributed by atoms with Gasteiger partial charge in [0.1, 0.15) is 5.75 Å². The zero-order valence-corrected chi connectivity index (χ0v) is 12.1. The van der Waals surface area contributed by atoms with Crippen molar-refractivity contribution in [2.24, 2.45) is 17.6 Å². The van der Waals surface area contributed by atoms with Crippen molar-refractivity contribution in [3.8, 4) is 5.75 Å². The maximum atomic E-state index is 12.2. The van der Waals surface area contributed by atoms with Gasteiger partial charge >= 0.3 is 0 Å². The van der Waals surface area contributed by atoms with Gasteiger partial charge in [0.05, 0.1) is 18.7 Å². The molecule has 0 bridgehead atoms. The molecule has 0 aromatic heterocycles. The molecule has 1 aromatic rings. The molecule has 0 radical (unpaired) electrons. The Morgan fingerprint density at radius 2 is 2.14 bits per heavy atom. The Morgan fingerprint density at radius 3 is 2.76 bits per heavy atom. The van der Waals surface area contributed by atoms with E-state index < -0.39 is 5.91 Å². The second-order valence-corrected chi connectivity index (χ2v) is 5.26. The molecule has 2 amide bonds. The summed E-state index contributed by atoms with van der Waals surface area (Å²) in [5.41, 5.74) is 5.69. The average Bonchev–Trinajstić information content (AvgIpc) is 2.38. The van der Waals surface area contributed by atoms with E-state index in [1.807, 2.05) is 19.1 Å². The van der Waals surface area contributed by atoms with Crippen LogP contribution in [-0.2, 0) is 9.59 Å². The molecule has 2 rings (SSSR count). The number of amides is 2. The predicted molar refractivity (Wildman–Crippen MR) is 79.9 cm³/mol. The molecule has 6 nitrogen and oxygen atoms in total. The molecule has 1 unspecified atom stereocenters. The van der Waals surface area contributed by atoms with Gasteiger partial charge in [-0.2, -0.15) is 0 Å². The third-order valence-corrected chi connectivity index (χ3v) is 3.68. The third kappa shape index (κ3) is 4.19. The summed E-state index contributed by atoms with van der Waals surface area (Å²) in [7, 11) is 0. The Bertz CT molecular complexity index is 515. The molecule has 1 heterocycles. The summed E-state index contributed by atoms with van der Waals surface area (Å²) in [6.45, 7) is 3.89. The highest BCUT2D eigenvalue weighted by atomic mass is 16.5. The summed E-state index contributed by atoms with van der Waals surface area (Å²) in [6.07, 6.45) is 0.145. The summed E-state index contributed by atoms with van der Waals surface area (Å²) in [6, 6.07) is 7.18. The van der Waals surface area contributed by atoms with E-state index in [2.05, 4.69) is 10.6 Å². The van der Waals surface area contributed by atoms with Crippen molar-refractivity contribution < 1.29 is 14.3 Å². The van der Waals surface area contributed by atoms with Crippen molar-refractivity contribution in [3.63, 3.8) is 0 Å². The number of hydrogen-bond acceptors (Lipinski definition) is 4. The van der Waals surface area contributed by atoms with Crippen molar-refractivity contribution >= 4 is 17.5 Å². The number of primary amides is 1. The molecule has 1 atom stereocenters. The third-order valence-electron chi connectivity index (χ3n) is 3.68. The highest BCUT2D eigenvalue weighted by molar-refractivity contribution is 5.94. The molecular formula is C15H21N3O3. The number of rotatable bonds is 7. The van der Waals surface area contributed by atoms with E-state index in [1.54, 1.807) is 12.1 Å². The fourth-order valence-corrected chi connectivity index (χ4v) is 2.08. The summed E-state index contributed by atoms with van der Waals surface area (Å²) < 4.78 is 5.50. The van der Waals surface area contributed by atoms with Crippen molar-refractivity contribution in [2.75, 3.05) is 25.0 Å². The van der Waals surface area contributed by atoms with Gasteiger partial charge in [0, 0.05) is 5.92 Å². The zero-order chi connectivity index (χ0) is 15.2. The summed E-state index contributed by atoms with van der Waals surface area (Å²) >= 11 is 0. The summed E-state index contributed by atoms with van der Waals surface area (Å²) in [5.74, 6) is 0.443. The van der Waals surface area contributed by atoms with Crippen molar-refractivity contribution in [1.29, 1.82) is 0 Å². The first-order chi connectivity index (χ1) is 10.1. The number of benzene rings is 1. The molecule has 1 aliphatic heterocycles. The Balaban J connectivity index is 1.95. The fourth-order valence-electron chi connectivity index (χ4n) is 2.08. The molecule has 1 aromatic carbocycles. The highest BCUT2D eigenvalue weighted by Crippen LogP contribution is 2.26. The maximum absolute atomic E-state index is 12.2. The number of nitrogens with two attached hydrogens (primary N) is 1. The van der Waals surface area contributed by atoms with Gasteiger partial charge in [-0.25, -0.2) is 0 Å². The molecule has 1 saturated heterocycles. The normalized spacial score (nSPS) is 15.9. The van der Waals surface area contributed by atoms with Crippen molar-refractivity contribution in [3.05, 3.63) is 24.3 Å². The van der Waals surface area contributed by atoms with Gasteiger partial charge in [-0.3, -0.25) is 9.59 Å². The minimum Gasteiger partial charge on any atom is -0.491 e. The molecule has 0 spiro atoms.